The van der Waals surface area contributed by atoms with Gasteiger partial charge in [0, 0.05) is 6.92 Å². The second-order valence-electron chi connectivity index (χ2n) is 4.20. The molecule has 0 amide bonds. The van der Waals surface area contributed by atoms with Crippen LogP contribution < -0.4 is 4.74 Å². The van der Waals surface area contributed by atoms with Gasteiger partial charge in [-0.05, 0) is 29.5 Å². The molecule has 2 heteroatoms. The van der Waals surface area contributed by atoms with Gasteiger partial charge >= 0.3 is 5.97 Å². The van der Waals surface area contributed by atoms with Crippen LogP contribution in [0, 0.1) is 5.92 Å². The Kier molecular flexibility index (Phi) is 6.95. The molecule has 0 aliphatic heterocycles. The summed E-state index contributed by atoms with van der Waals surface area (Å²) in [5.41, 5.74) is 1.28. The van der Waals surface area contributed by atoms with E-state index in [9.17, 15) is 4.79 Å². The Morgan fingerprint density at radius 3 is 1.94 bits per heavy atom. The summed E-state index contributed by atoms with van der Waals surface area (Å²) in [6, 6.07) is 7.72. The largest absolute Gasteiger partial charge is 0.427 e. The molecule has 0 saturated carbocycles. The minimum absolute atomic E-state index is 0.278. The van der Waals surface area contributed by atoms with Crippen molar-refractivity contribution in [1.82, 2.24) is 0 Å². The summed E-state index contributed by atoms with van der Waals surface area (Å²) in [7, 11) is 0. The quantitative estimate of drug-likeness (QED) is 0.445. The molecule has 1 rings (SSSR count). The highest BCUT2D eigenvalue weighted by Gasteiger charge is 2.09. The van der Waals surface area contributed by atoms with E-state index < -0.39 is 0 Å². The van der Waals surface area contributed by atoms with Crippen LogP contribution in [0.1, 0.15) is 39.2 Å². The lowest BCUT2D eigenvalue weighted by Gasteiger charge is -2.15. The average Bonchev–Trinajstić information content (AvgIpc) is 2.31. The lowest BCUT2D eigenvalue weighted by Crippen LogP contribution is -2.03. The third-order valence-corrected chi connectivity index (χ3v) is 2.67. The standard InChI is InChI=1S/C13H18O2.C2H4/c1-9(2)10(3)12-5-7-13(8-6-12)15-11(4)14;1-2/h5-10H,1-4H3;1-2H2. The first-order valence-corrected chi connectivity index (χ1v) is 5.79. The van der Waals surface area contributed by atoms with E-state index >= 15 is 0 Å². The molecule has 1 atom stereocenters. The second kappa shape index (κ2) is 7.66. The Hall–Kier alpha value is -1.57. The molecule has 0 saturated heterocycles. The fraction of sp³-hybridized carbons (Fsp3) is 0.400. The van der Waals surface area contributed by atoms with E-state index in [0.29, 0.717) is 17.6 Å². The number of hydrogen-bond donors (Lipinski definition) is 0. The van der Waals surface area contributed by atoms with Crippen LogP contribution in [0.15, 0.2) is 37.4 Å². The second-order valence-corrected chi connectivity index (χ2v) is 4.20. The molecule has 1 aromatic carbocycles. The molecule has 94 valence electrons. The Balaban J connectivity index is 0.00000121. The monoisotopic (exact) mass is 234 g/mol. The van der Waals surface area contributed by atoms with Crippen molar-refractivity contribution in [2.45, 2.75) is 33.6 Å². The smallest absolute Gasteiger partial charge is 0.308 e. The van der Waals surface area contributed by atoms with Gasteiger partial charge < -0.3 is 4.74 Å². The van der Waals surface area contributed by atoms with Gasteiger partial charge in [-0.2, -0.15) is 0 Å². The zero-order valence-electron chi connectivity index (χ0n) is 11.2. The zero-order valence-corrected chi connectivity index (χ0v) is 11.2. The van der Waals surface area contributed by atoms with E-state index in [-0.39, 0.29) is 5.97 Å². The Morgan fingerprint density at radius 1 is 1.12 bits per heavy atom. The minimum Gasteiger partial charge on any atom is -0.427 e. The van der Waals surface area contributed by atoms with Crippen molar-refractivity contribution in [3.8, 4) is 5.75 Å². The van der Waals surface area contributed by atoms with Crippen molar-refractivity contribution in [2.75, 3.05) is 0 Å². The molecule has 2 nitrogen and oxygen atoms in total. The van der Waals surface area contributed by atoms with Gasteiger partial charge in [-0.25, -0.2) is 0 Å². The third kappa shape index (κ3) is 5.34. The van der Waals surface area contributed by atoms with Crippen LogP contribution in [0.3, 0.4) is 0 Å². The summed E-state index contributed by atoms with van der Waals surface area (Å²) in [5, 5.41) is 0. The Morgan fingerprint density at radius 2 is 1.59 bits per heavy atom. The topological polar surface area (TPSA) is 26.3 Å². The van der Waals surface area contributed by atoms with Gasteiger partial charge in [0.05, 0.1) is 0 Å². The molecule has 1 aromatic rings. The molecular formula is C15H22O2. The first kappa shape index (κ1) is 15.4. The third-order valence-electron chi connectivity index (χ3n) is 2.67. The molecule has 17 heavy (non-hydrogen) atoms. The van der Waals surface area contributed by atoms with Crippen molar-refractivity contribution in [1.29, 1.82) is 0 Å². The van der Waals surface area contributed by atoms with Crippen LogP contribution in [0.2, 0.25) is 0 Å². The van der Waals surface area contributed by atoms with Gasteiger partial charge in [-0.1, -0.05) is 32.9 Å². The summed E-state index contributed by atoms with van der Waals surface area (Å²) < 4.78 is 4.97. The highest BCUT2D eigenvalue weighted by atomic mass is 16.5. The zero-order chi connectivity index (χ0) is 13.4. The fourth-order valence-corrected chi connectivity index (χ4v) is 1.39. The van der Waals surface area contributed by atoms with E-state index in [0.717, 1.165) is 0 Å². The summed E-state index contributed by atoms with van der Waals surface area (Å²) in [6.45, 7) is 14.0. The van der Waals surface area contributed by atoms with Crippen molar-refractivity contribution < 1.29 is 9.53 Å². The molecule has 0 aliphatic rings. The number of esters is 1. The minimum atomic E-state index is -0.278. The molecule has 0 N–H and O–H groups in total. The number of carbonyl (C=O) groups excluding carboxylic acids is 1. The predicted molar refractivity (Wildman–Crippen MR) is 72.3 cm³/mol. The van der Waals surface area contributed by atoms with Crippen LogP contribution in [0.5, 0.6) is 5.75 Å². The molecule has 0 heterocycles. The van der Waals surface area contributed by atoms with Crippen LogP contribution in [-0.2, 0) is 4.79 Å². The van der Waals surface area contributed by atoms with Gasteiger partial charge in [0.2, 0.25) is 0 Å². The molecule has 0 radical (unpaired) electrons. The van der Waals surface area contributed by atoms with Crippen LogP contribution >= 0.6 is 0 Å². The van der Waals surface area contributed by atoms with Gasteiger partial charge in [-0.3, -0.25) is 4.79 Å². The molecule has 1 unspecified atom stereocenters. The van der Waals surface area contributed by atoms with Crippen LogP contribution in [0.25, 0.3) is 0 Å². The van der Waals surface area contributed by atoms with E-state index in [1.54, 1.807) is 0 Å². The summed E-state index contributed by atoms with van der Waals surface area (Å²) in [5.74, 6) is 1.47. The molecule has 0 aliphatic carbocycles. The average molecular weight is 234 g/mol. The molecule has 0 aromatic heterocycles. The van der Waals surface area contributed by atoms with Gasteiger partial charge in [0.1, 0.15) is 5.75 Å². The number of carbonyl (C=O) groups is 1. The lowest BCUT2D eigenvalue weighted by atomic mass is 9.90. The van der Waals surface area contributed by atoms with Crippen molar-refractivity contribution in [3.05, 3.63) is 43.0 Å². The van der Waals surface area contributed by atoms with Gasteiger partial charge in [0.25, 0.3) is 0 Å². The fourth-order valence-electron chi connectivity index (χ4n) is 1.39. The highest BCUT2D eigenvalue weighted by Crippen LogP contribution is 2.25. The maximum atomic E-state index is 10.7. The normalized spacial score (nSPS) is 11.4. The molecular weight excluding hydrogens is 212 g/mol. The van der Waals surface area contributed by atoms with Gasteiger partial charge in [0.15, 0.2) is 0 Å². The van der Waals surface area contributed by atoms with E-state index in [1.165, 1.54) is 12.5 Å². The Bertz CT molecular complexity index is 338. The molecule has 0 fully saturated rings. The first-order chi connectivity index (χ1) is 8.00. The Labute approximate surface area is 104 Å². The highest BCUT2D eigenvalue weighted by molar-refractivity contribution is 5.69. The molecule has 0 spiro atoms. The number of hydrogen-bond acceptors (Lipinski definition) is 2. The first-order valence-electron chi connectivity index (χ1n) is 5.79. The summed E-state index contributed by atoms with van der Waals surface area (Å²) in [4.78, 5) is 10.7. The maximum absolute atomic E-state index is 10.7. The predicted octanol–water partition coefficient (Wildman–Crippen LogP) is 4.17. The van der Waals surface area contributed by atoms with Crippen molar-refractivity contribution >= 4 is 5.97 Å². The molecule has 0 bridgehead atoms. The van der Waals surface area contributed by atoms with E-state index in [1.807, 2.05) is 24.3 Å². The number of ether oxygens (including phenoxy) is 1. The van der Waals surface area contributed by atoms with Crippen molar-refractivity contribution in [2.24, 2.45) is 5.92 Å². The van der Waals surface area contributed by atoms with Gasteiger partial charge in [-0.15, -0.1) is 13.2 Å². The van der Waals surface area contributed by atoms with Crippen molar-refractivity contribution in [3.63, 3.8) is 0 Å². The van der Waals surface area contributed by atoms with E-state index in [4.69, 9.17) is 4.74 Å². The van der Waals surface area contributed by atoms with E-state index in [2.05, 4.69) is 33.9 Å². The summed E-state index contributed by atoms with van der Waals surface area (Å²) >= 11 is 0. The SMILES string of the molecule is C=C.CC(=O)Oc1ccc(C(C)C(C)C)cc1. The summed E-state index contributed by atoms with van der Waals surface area (Å²) in [6.07, 6.45) is 0. The maximum Gasteiger partial charge on any atom is 0.308 e. The lowest BCUT2D eigenvalue weighted by molar-refractivity contribution is -0.131. The number of rotatable bonds is 3. The number of benzene rings is 1. The van der Waals surface area contributed by atoms with Crippen LogP contribution in [0.4, 0.5) is 0 Å². The van der Waals surface area contributed by atoms with Crippen LogP contribution in [-0.4, -0.2) is 5.97 Å².